The summed E-state index contributed by atoms with van der Waals surface area (Å²) in [5, 5.41) is 10.0. The molecule has 0 unspecified atom stereocenters. The van der Waals surface area contributed by atoms with E-state index < -0.39 is 45.5 Å². The molecule has 1 amide bonds. The summed E-state index contributed by atoms with van der Waals surface area (Å²) in [5.41, 5.74) is -0.828. The fraction of sp³-hybridized carbons (Fsp3) is 0.313. The molecule has 0 spiro atoms. The first kappa shape index (κ1) is 88.7. The summed E-state index contributed by atoms with van der Waals surface area (Å²) in [7, 11) is 6.36. The van der Waals surface area contributed by atoms with Crippen molar-refractivity contribution in [1.82, 2.24) is 43.5 Å². The van der Waals surface area contributed by atoms with Crippen LogP contribution in [-0.2, 0) is 40.4 Å². The second kappa shape index (κ2) is 45.4. The first-order chi connectivity index (χ1) is 45.3. The summed E-state index contributed by atoms with van der Waals surface area (Å²) < 4.78 is 37.5. The number of aromatic amines is 4. The van der Waals surface area contributed by atoms with Crippen molar-refractivity contribution in [2.24, 2.45) is 0 Å². The zero-order valence-electron chi connectivity index (χ0n) is 56.1. The van der Waals surface area contributed by atoms with Crippen LogP contribution >= 0.6 is 56.8 Å². The Bertz CT molecular complexity index is 4320. The number of esters is 1. The summed E-state index contributed by atoms with van der Waals surface area (Å²) in [6.45, 7) is 13.8. The van der Waals surface area contributed by atoms with E-state index in [1.165, 1.54) is 31.9 Å². The number of halogens is 4. The van der Waals surface area contributed by atoms with Gasteiger partial charge in [0.2, 0.25) is 0 Å². The number of nitrogens with one attached hydrogen (secondary N) is 5. The number of ether oxygens (including phenoxy) is 6. The minimum absolute atomic E-state index is 0. The van der Waals surface area contributed by atoms with Crippen molar-refractivity contribution in [3.63, 3.8) is 0 Å². The summed E-state index contributed by atoms with van der Waals surface area (Å²) >= 11 is 9.15. The third kappa shape index (κ3) is 34.0. The van der Waals surface area contributed by atoms with Crippen molar-refractivity contribution in [2.75, 3.05) is 41.6 Å². The third-order valence-electron chi connectivity index (χ3n) is 11.8. The van der Waals surface area contributed by atoms with Crippen molar-refractivity contribution in [3.8, 4) is 47.2 Å². The number of alkyl carbamates (subject to hydrolysis) is 1. The van der Waals surface area contributed by atoms with Gasteiger partial charge in [0, 0.05) is 37.3 Å². The van der Waals surface area contributed by atoms with Gasteiger partial charge in [-0.2, -0.15) is 0 Å². The number of methoxy groups -OCH3 is 4. The van der Waals surface area contributed by atoms with Crippen molar-refractivity contribution < 1.29 is 118 Å². The van der Waals surface area contributed by atoms with Gasteiger partial charge in [-0.25, -0.2) is 24.0 Å². The molecule has 0 radical (unpaired) electrons. The van der Waals surface area contributed by atoms with Crippen LogP contribution < -0.4 is 145 Å². The average Bonchev–Trinajstić information content (AvgIpc) is 0.805. The number of hydrogen-bond acceptors (Lipinski definition) is 17. The maximum absolute atomic E-state index is 13.5. The van der Waals surface area contributed by atoms with Crippen LogP contribution in [0, 0.1) is 31.6 Å². The van der Waals surface area contributed by atoms with E-state index in [9.17, 15) is 47.9 Å². The SMILES string of the molecule is C#CCNC(=O)OC(C)(C)C.CCO.COc1ccc(Cn2c(C#CCCC(=O)OC(C)(C)C)cc(=O)n(Cc3ccc(OC)cc3)c2=O)cc1.COc1ccc(Cn2c(I)cc(=O)n(Cc3ccc(OC)cc3)c2=O)cc1.O=c1cc(Cl)[nH]c(=O)[nH]1.O=c1cc(I)[nH]c(=O)[nH]1.[I-].[K+]. The molecule has 31 heteroatoms. The van der Waals surface area contributed by atoms with Crippen LogP contribution in [0.4, 0.5) is 4.79 Å². The van der Waals surface area contributed by atoms with Crippen LogP contribution in [0.25, 0.3) is 0 Å². The number of carbonyl (C=O) groups is 2. The molecular formula is C67H76ClI3KN9O17. The predicted octanol–water partition coefficient (Wildman–Crippen LogP) is 0.861. The quantitative estimate of drug-likeness (QED) is 0.0273. The summed E-state index contributed by atoms with van der Waals surface area (Å²) in [4.78, 5) is 125. The number of benzene rings is 4. The Morgan fingerprint density at radius 1 is 0.561 bits per heavy atom. The first-order valence-electron chi connectivity index (χ1n) is 28.9. The van der Waals surface area contributed by atoms with Crippen LogP contribution in [0.2, 0.25) is 5.15 Å². The molecule has 4 aromatic heterocycles. The van der Waals surface area contributed by atoms with E-state index in [0.29, 0.717) is 25.4 Å². The van der Waals surface area contributed by atoms with Crippen molar-refractivity contribution in [2.45, 2.75) is 98.7 Å². The topological polar surface area (TPSA) is 341 Å². The Morgan fingerprint density at radius 3 is 1.29 bits per heavy atom. The van der Waals surface area contributed by atoms with Gasteiger partial charge in [-0.3, -0.25) is 57.2 Å². The molecule has 0 atom stereocenters. The molecule has 520 valence electrons. The number of nitrogens with zero attached hydrogens (tertiary/aromatic N) is 4. The Kier molecular flexibility index (Phi) is 41.1. The maximum atomic E-state index is 13.5. The average molecular weight is 1730 g/mol. The Labute approximate surface area is 656 Å². The summed E-state index contributed by atoms with van der Waals surface area (Å²) in [6, 6.07) is 34.5. The standard InChI is InChI=1S/C29H32N2O6.C20H19IN2O4.C8H13NO2.C4H3ClN2O2.C4H3IN2O2.C2H6O.HI.K/c1-29(2,3)37-27(33)9-7-6-8-23-18-26(32)31(20-22-12-16-25(36-5)17-13-22)28(34)30(23)19-21-10-14-24(35-4)15-11-21;1-26-16-7-3-14(4-8-16)12-22-18(21)11-19(24)23(20(22)25)13-15-5-9-17(27-2)10-6-15;1-5-6-9-7(10)11-8(2,3)4;2*5-2-1-3(8)7-4(9)6-2;1-2-3;;/h10-18H,7,9,19-20H2,1-5H3;3-11H,12-13H2,1-2H3;1H,6H2,2-4H3,(H,9,10);2*1H,(H2,6,7,8,9);3H,2H2,1H3;1H;/q;;;;;;;+1/p-1. The zero-order valence-corrected chi connectivity index (χ0v) is 66.4. The largest absolute Gasteiger partial charge is 1.00 e. The van der Waals surface area contributed by atoms with E-state index in [1.807, 2.05) is 128 Å². The number of terminal acetylenes is 1. The monoisotopic (exact) mass is 1730 g/mol. The van der Waals surface area contributed by atoms with Gasteiger partial charge in [0.15, 0.2) is 0 Å². The number of carbonyl (C=O) groups excluding carboxylic acids is 2. The van der Waals surface area contributed by atoms with Crippen LogP contribution in [0.1, 0.15) is 89.3 Å². The minimum atomic E-state index is -0.590. The van der Waals surface area contributed by atoms with Gasteiger partial charge in [-0.05, 0) is 170 Å². The van der Waals surface area contributed by atoms with E-state index in [0.717, 1.165) is 39.8 Å². The van der Waals surface area contributed by atoms with Gasteiger partial charge in [-0.1, -0.05) is 72.0 Å². The number of aliphatic hydroxyl groups is 1. The number of H-pyrrole nitrogens is 4. The van der Waals surface area contributed by atoms with Gasteiger partial charge in [0.1, 0.15) is 45.0 Å². The number of hydrogen-bond donors (Lipinski definition) is 6. The molecule has 0 aliphatic rings. The molecule has 26 nitrogen and oxygen atoms in total. The molecule has 0 bridgehead atoms. The first-order valence-corrected chi connectivity index (χ1v) is 31.4. The van der Waals surface area contributed by atoms with Crippen molar-refractivity contribution in [1.29, 1.82) is 0 Å². The van der Waals surface area contributed by atoms with Crippen LogP contribution in [0.5, 0.6) is 23.0 Å². The van der Waals surface area contributed by atoms with Crippen LogP contribution in [-0.4, -0.2) is 108 Å². The fourth-order valence-electron chi connectivity index (χ4n) is 7.57. The second-order valence-corrected chi connectivity index (χ2v) is 24.3. The Morgan fingerprint density at radius 2 is 0.929 bits per heavy atom. The minimum Gasteiger partial charge on any atom is -1.00 e. The molecule has 8 rings (SSSR count). The van der Waals surface area contributed by atoms with Gasteiger partial charge in [0.05, 0.1) is 75.0 Å². The summed E-state index contributed by atoms with van der Waals surface area (Å²) in [6.07, 6.45) is 4.79. The van der Waals surface area contributed by atoms with Crippen molar-refractivity contribution >= 4 is 68.8 Å². The number of rotatable bonds is 15. The Balaban J connectivity index is 0.000000679. The molecule has 0 saturated carbocycles. The maximum Gasteiger partial charge on any atom is 1.00 e. The molecule has 4 aromatic carbocycles. The van der Waals surface area contributed by atoms with Gasteiger partial charge in [0.25, 0.3) is 22.2 Å². The number of amides is 1. The number of aliphatic hydroxyl groups excluding tert-OH is 1. The second-order valence-electron chi connectivity index (χ2n) is 21.6. The van der Waals surface area contributed by atoms with E-state index in [2.05, 4.69) is 33.0 Å². The van der Waals surface area contributed by atoms with E-state index >= 15 is 0 Å². The molecule has 0 fully saturated rings. The molecule has 0 saturated heterocycles. The molecular weight excluding hydrogens is 1660 g/mol. The summed E-state index contributed by atoms with van der Waals surface area (Å²) in [5.74, 6) is 10.6. The smallest absolute Gasteiger partial charge is 1.00 e. The van der Waals surface area contributed by atoms with Gasteiger partial charge in [-0.15, -0.1) is 6.42 Å². The molecule has 4 heterocycles. The predicted molar refractivity (Wildman–Crippen MR) is 382 cm³/mol. The Hall–Kier alpha value is -7.26. The normalized spacial score (nSPS) is 10.1. The van der Waals surface area contributed by atoms with E-state index in [-0.39, 0.29) is 155 Å². The van der Waals surface area contributed by atoms with Gasteiger partial charge < -0.3 is 67.8 Å². The molecule has 8 aromatic rings. The molecule has 6 N–H and O–H groups in total. The van der Waals surface area contributed by atoms with E-state index in [1.54, 1.807) is 106 Å². The van der Waals surface area contributed by atoms with Crippen LogP contribution in [0.3, 0.4) is 0 Å². The fourth-order valence-corrected chi connectivity index (χ4v) is 8.93. The molecule has 0 aliphatic carbocycles. The van der Waals surface area contributed by atoms with Gasteiger partial charge >= 0.3 is 86.2 Å². The molecule has 98 heavy (non-hydrogen) atoms. The number of aromatic nitrogens is 8. The van der Waals surface area contributed by atoms with Crippen molar-refractivity contribution in [3.05, 3.63) is 245 Å². The molecule has 0 aliphatic heterocycles. The third-order valence-corrected chi connectivity index (χ3v) is 13.5. The van der Waals surface area contributed by atoms with E-state index in [4.69, 9.17) is 51.6 Å². The van der Waals surface area contributed by atoms with Crippen LogP contribution in [0.15, 0.2) is 160 Å². The zero-order chi connectivity index (χ0) is 71.7.